The van der Waals surface area contributed by atoms with Gasteiger partial charge in [0.15, 0.2) is 5.96 Å². The average molecular weight is 509 g/mol. The molecule has 2 aromatic rings. The number of rotatable bonds is 6. The Bertz CT molecular complexity index is 800. The average Bonchev–Trinajstić information content (AvgIpc) is 3.32. The van der Waals surface area contributed by atoms with E-state index >= 15 is 0 Å². The Morgan fingerprint density at radius 2 is 2.04 bits per heavy atom. The molecule has 0 saturated carbocycles. The molecular weight excluding hydrogens is 485 g/mol. The minimum absolute atomic E-state index is 0. The molecule has 1 aliphatic heterocycles. The number of guanidine groups is 1. The predicted octanol–water partition coefficient (Wildman–Crippen LogP) is 1.50. The number of hydrogen-bond acceptors (Lipinski definition) is 6. The van der Waals surface area contributed by atoms with Gasteiger partial charge in [-0.25, -0.2) is 13.4 Å². The second kappa shape index (κ2) is 10.1. The first-order chi connectivity index (χ1) is 12.6. The third-order valence-corrected chi connectivity index (χ3v) is 5.87. The molecule has 1 aliphatic rings. The topological polar surface area (TPSA) is 104 Å². The smallest absolute Gasteiger partial charge is 0.220 e. The Hall–Kier alpha value is -1.60. The van der Waals surface area contributed by atoms with Crippen LogP contribution in [0.15, 0.2) is 44.7 Å². The van der Waals surface area contributed by atoms with E-state index in [2.05, 4.69) is 20.4 Å². The monoisotopic (exact) mass is 509 g/mol. The van der Waals surface area contributed by atoms with Crippen LogP contribution in [0, 0.1) is 0 Å². The zero-order valence-corrected chi connectivity index (χ0v) is 18.2. The highest BCUT2D eigenvalue weighted by Crippen LogP contribution is 2.13. The van der Waals surface area contributed by atoms with Crippen LogP contribution in [0.3, 0.4) is 0 Å². The quantitative estimate of drug-likeness (QED) is 0.358. The fraction of sp³-hybridized carbons (Fsp3) is 0.500. The molecule has 11 heteroatoms. The van der Waals surface area contributed by atoms with E-state index in [0.717, 1.165) is 18.3 Å². The highest BCUT2D eigenvalue weighted by atomic mass is 127. The molecule has 0 spiro atoms. The summed E-state index contributed by atoms with van der Waals surface area (Å²) in [7, 11) is -3.41. The molecule has 0 bridgehead atoms. The first-order valence-electron chi connectivity index (χ1n) is 8.51. The Morgan fingerprint density at radius 3 is 2.63 bits per heavy atom. The molecule has 0 atom stereocenters. The molecule has 1 saturated heterocycles. The van der Waals surface area contributed by atoms with Crippen LogP contribution in [-0.2, 0) is 22.3 Å². The van der Waals surface area contributed by atoms with E-state index in [4.69, 9.17) is 8.94 Å². The Balaban J connectivity index is 0.00000261. The summed E-state index contributed by atoms with van der Waals surface area (Å²) in [6, 6.07) is 5.27. The van der Waals surface area contributed by atoms with Crippen molar-refractivity contribution in [3.05, 3.63) is 42.2 Å². The van der Waals surface area contributed by atoms with E-state index in [1.165, 1.54) is 10.6 Å². The van der Waals surface area contributed by atoms with Crippen LogP contribution in [0.1, 0.15) is 18.4 Å². The zero-order valence-electron chi connectivity index (χ0n) is 15.1. The molecule has 0 unspecified atom stereocenters. The van der Waals surface area contributed by atoms with Crippen LogP contribution in [0.25, 0.3) is 0 Å². The van der Waals surface area contributed by atoms with Crippen molar-refractivity contribution in [3.8, 4) is 0 Å². The minimum Gasteiger partial charge on any atom is -0.467 e. The molecule has 0 radical (unpaired) electrons. The molecule has 3 heterocycles. The lowest BCUT2D eigenvalue weighted by Gasteiger charge is -2.35. The molecule has 9 nitrogen and oxygen atoms in total. The second-order valence-corrected chi connectivity index (χ2v) is 7.85. The van der Waals surface area contributed by atoms with E-state index in [1.807, 2.05) is 19.1 Å². The van der Waals surface area contributed by atoms with E-state index in [-0.39, 0.29) is 29.7 Å². The lowest BCUT2D eigenvalue weighted by atomic mass is 10.4. The van der Waals surface area contributed by atoms with Gasteiger partial charge in [-0.05, 0) is 19.1 Å². The SMILES string of the molecule is CCNC(=NCc1ccco1)N1CCN(S(=O)(=O)Cc2ccon2)CC1.I. The van der Waals surface area contributed by atoms with Crippen molar-refractivity contribution in [2.45, 2.75) is 19.2 Å². The van der Waals surface area contributed by atoms with Gasteiger partial charge in [-0.1, -0.05) is 5.16 Å². The number of halogens is 1. The van der Waals surface area contributed by atoms with Crippen molar-refractivity contribution in [1.82, 2.24) is 19.7 Å². The zero-order chi connectivity index (χ0) is 18.4. The van der Waals surface area contributed by atoms with E-state index in [1.54, 1.807) is 12.3 Å². The molecule has 0 aromatic carbocycles. The Labute approximate surface area is 175 Å². The number of sulfonamides is 1. The normalized spacial score (nSPS) is 16.2. The van der Waals surface area contributed by atoms with Crippen molar-refractivity contribution in [2.24, 2.45) is 4.99 Å². The molecule has 1 fully saturated rings. The number of aliphatic imine (C=N–C) groups is 1. The van der Waals surface area contributed by atoms with Crippen molar-refractivity contribution >= 4 is 40.0 Å². The molecule has 0 amide bonds. The first-order valence-corrected chi connectivity index (χ1v) is 10.1. The third kappa shape index (κ3) is 5.94. The molecule has 150 valence electrons. The van der Waals surface area contributed by atoms with Crippen LogP contribution in [-0.4, -0.2) is 61.5 Å². The molecule has 3 rings (SSSR count). The van der Waals surface area contributed by atoms with Gasteiger partial charge < -0.3 is 19.2 Å². The Kier molecular flexibility index (Phi) is 8.10. The van der Waals surface area contributed by atoms with Gasteiger partial charge in [0.25, 0.3) is 0 Å². The van der Waals surface area contributed by atoms with Crippen molar-refractivity contribution in [2.75, 3.05) is 32.7 Å². The van der Waals surface area contributed by atoms with Crippen LogP contribution in [0.2, 0.25) is 0 Å². The summed E-state index contributed by atoms with van der Waals surface area (Å²) in [4.78, 5) is 6.64. The van der Waals surface area contributed by atoms with Crippen LogP contribution in [0.4, 0.5) is 0 Å². The highest BCUT2D eigenvalue weighted by molar-refractivity contribution is 14.0. The number of aromatic nitrogens is 1. The van der Waals surface area contributed by atoms with Crippen molar-refractivity contribution in [1.29, 1.82) is 0 Å². The maximum Gasteiger partial charge on any atom is 0.220 e. The summed E-state index contributed by atoms with van der Waals surface area (Å²) in [6.07, 6.45) is 3.00. The summed E-state index contributed by atoms with van der Waals surface area (Å²) < 4.78 is 36.5. The van der Waals surface area contributed by atoms with Gasteiger partial charge in [-0.15, -0.1) is 24.0 Å². The van der Waals surface area contributed by atoms with Crippen LogP contribution >= 0.6 is 24.0 Å². The molecule has 2 aromatic heterocycles. The van der Waals surface area contributed by atoms with Gasteiger partial charge in [0.1, 0.15) is 24.3 Å². The minimum atomic E-state index is -3.41. The molecule has 0 aliphatic carbocycles. The molecular formula is C16H24IN5O4S. The highest BCUT2D eigenvalue weighted by Gasteiger charge is 2.28. The van der Waals surface area contributed by atoms with Gasteiger partial charge >= 0.3 is 0 Å². The maximum absolute atomic E-state index is 12.5. The van der Waals surface area contributed by atoms with E-state index in [9.17, 15) is 8.42 Å². The summed E-state index contributed by atoms with van der Waals surface area (Å²) in [5, 5.41) is 6.93. The van der Waals surface area contributed by atoms with Gasteiger partial charge in [-0.3, -0.25) is 0 Å². The van der Waals surface area contributed by atoms with Crippen molar-refractivity contribution < 1.29 is 17.4 Å². The number of nitrogens with one attached hydrogen (secondary N) is 1. The summed E-state index contributed by atoms with van der Waals surface area (Å²) in [6.45, 7) is 5.14. The standard InChI is InChI=1S/C16H23N5O4S.HI/c1-2-17-16(18-12-15-4-3-10-24-15)20-6-8-21(9-7-20)26(22,23)13-14-5-11-25-19-14;/h3-5,10-11H,2,6-9,12-13H2,1H3,(H,17,18);1H. The molecule has 27 heavy (non-hydrogen) atoms. The van der Waals surface area contributed by atoms with Crippen molar-refractivity contribution in [3.63, 3.8) is 0 Å². The second-order valence-electron chi connectivity index (χ2n) is 5.88. The lowest BCUT2D eigenvalue weighted by molar-refractivity contribution is 0.259. The predicted molar refractivity (Wildman–Crippen MR) is 111 cm³/mol. The van der Waals surface area contributed by atoms with Gasteiger partial charge in [-0.2, -0.15) is 4.31 Å². The number of piperazine rings is 1. The maximum atomic E-state index is 12.5. The van der Waals surface area contributed by atoms with Crippen LogP contribution < -0.4 is 5.32 Å². The Morgan fingerprint density at radius 1 is 1.26 bits per heavy atom. The number of furan rings is 1. The van der Waals surface area contributed by atoms with E-state index < -0.39 is 10.0 Å². The largest absolute Gasteiger partial charge is 0.467 e. The van der Waals surface area contributed by atoms with Gasteiger partial charge in [0.2, 0.25) is 10.0 Å². The molecule has 1 N–H and O–H groups in total. The number of nitrogens with zero attached hydrogens (tertiary/aromatic N) is 4. The third-order valence-electron chi connectivity index (χ3n) is 4.05. The summed E-state index contributed by atoms with van der Waals surface area (Å²) >= 11 is 0. The first kappa shape index (κ1) is 21.7. The fourth-order valence-corrected chi connectivity index (χ4v) is 4.17. The summed E-state index contributed by atoms with van der Waals surface area (Å²) in [5.74, 6) is 1.41. The van der Waals surface area contributed by atoms with Gasteiger partial charge in [0, 0.05) is 38.8 Å². The fourth-order valence-electron chi connectivity index (χ4n) is 2.75. The van der Waals surface area contributed by atoms with Gasteiger partial charge in [0.05, 0.1) is 12.0 Å². The van der Waals surface area contributed by atoms with Crippen LogP contribution in [0.5, 0.6) is 0 Å². The van der Waals surface area contributed by atoms with E-state index in [0.29, 0.717) is 38.4 Å². The summed E-state index contributed by atoms with van der Waals surface area (Å²) in [5.41, 5.74) is 0.417. The number of hydrogen-bond donors (Lipinski definition) is 1. The lowest BCUT2D eigenvalue weighted by Crippen LogP contribution is -2.53.